The van der Waals surface area contributed by atoms with Crippen LogP contribution in [0.25, 0.3) is 22.2 Å². The van der Waals surface area contributed by atoms with Crippen molar-refractivity contribution >= 4 is 67.8 Å². The zero-order valence-electron chi connectivity index (χ0n) is 24.4. The zero-order valence-corrected chi connectivity index (χ0v) is 26.1. The second kappa shape index (κ2) is 11.5. The molecule has 1 aliphatic rings. The van der Waals surface area contributed by atoms with Crippen molar-refractivity contribution in [3.8, 4) is 0 Å². The van der Waals surface area contributed by atoms with Gasteiger partial charge in [-0.05, 0) is 47.4 Å². The van der Waals surface area contributed by atoms with Gasteiger partial charge in [0.05, 0.1) is 22.2 Å². The summed E-state index contributed by atoms with van der Waals surface area (Å²) in [7, 11) is 0. The van der Waals surface area contributed by atoms with Crippen molar-refractivity contribution in [2.45, 2.75) is 30.0 Å². The second-order valence-electron chi connectivity index (χ2n) is 10.7. The maximum absolute atomic E-state index is 13.7. The van der Waals surface area contributed by atoms with E-state index in [1.165, 1.54) is 30.0 Å². The third kappa shape index (κ3) is 4.89. The van der Waals surface area contributed by atoms with Gasteiger partial charge in [0, 0.05) is 24.1 Å². The standard InChI is InChI=1S/C33H24N6O5S2/c1-18-8-7-15-37-19(2)26(34-30(18)37)28(40)25-27(21-11-6-13-23(16-21)39(43)44)38(31(42)29(25)41)32-35-36-33(46-32)45-17-22-12-5-10-20-9-3-4-14-24(20)22/h3-16,27,40H,17H2,1-2H3/b28-25+. The van der Waals surface area contributed by atoms with Crippen molar-refractivity contribution in [2.24, 2.45) is 0 Å². The molecule has 1 fully saturated rings. The first kappa shape index (κ1) is 29.3. The molecule has 1 N–H and O–H groups in total. The van der Waals surface area contributed by atoms with Crippen LogP contribution in [0.1, 0.15) is 34.1 Å². The maximum Gasteiger partial charge on any atom is 0.301 e. The molecule has 1 atom stereocenters. The number of aryl methyl sites for hydroxylation is 2. The van der Waals surface area contributed by atoms with Crippen LogP contribution in [0.5, 0.6) is 0 Å². The highest BCUT2D eigenvalue weighted by Gasteiger charge is 2.49. The van der Waals surface area contributed by atoms with Gasteiger partial charge in [0.2, 0.25) is 5.13 Å². The Kier molecular flexibility index (Phi) is 7.34. The summed E-state index contributed by atoms with van der Waals surface area (Å²) in [5.41, 5.74) is 3.01. The van der Waals surface area contributed by atoms with Crippen LogP contribution >= 0.6 is 23.1 Å². The predicted molar refractivity (Wildman–Crippen MR) is 176 cm³/mol. The molecule has 7 rings (SSSR count). The molecule has 228 valence electrons. The van der Waals surface area contributed by atoms with E-state index in [4.69, 9.17) is 0 Å². The Bertz CT molecular complexity index is 2250. The number of thioether (sulfide) groups is 1. The topological polar surface area (TPSA) is 144 Å². The lowest BCUT2D eigenvalue weighted by Crippen LogP contribution is -2.29. The van der Waals surface area contributed by atoms with E-state index in [-0.39, 0.29) is 27.6 Å². The number of amides is 1. The molecule has 1 unspecified atom stereocenters. The van der Waals surface area contributed by atoms with E-state index in [0.717, 1.165) is 38.1 Å². The Morgan fingerprint density at radius 1 is 1.02 bits per heavy atom. The quantitative estimate of drug-likeness (QED) is 0.0377. The molecule has 0 saturated carbocycles. The van der Waals surface area contributed by atoms with Gasteiger partial charge in [0.15, 0.2) is 10.1 Å². The van der Waals surface area contributed by atoms with Crippen LogP contribution in [-0.4, -0.2) is 41.3 Å². The van der Waals surface area contributed by atoms with Crippen LogP contribution in [0.2, 0.25) is 0 Å². The lowest BCUT2D eigenvalue weighted by molar-refractivity contribution is -0.384. The molecule has 0 aliphatic carbocycles. The van der Waals surface area contributed by atoms with E-state index in [2.05, 4.69) is 21.2 Å². The third-order valence-electron chi connectivity index (χ3n) is 7.98. The van der Waals surface area contributed by atoms with Crippen molar-refractivity contribution in [2.75, 3.05) is 4.90 Å². The first-order valence-corrected chi connectivity index (χ1v) is 16.0. The maximum atomic E-state index is 13.7. The molecular weight excluding hydrogens is 625 g/mol. The van der Waals surface area contributed by atoms with Gasteiger partial charge >= 0.3 is 5.91 Å². The fourth-order valence-corrected chi connectivity index (χ4v) is 7.62. The number of fused-ring (bicyclic) bond motifs is 2. The fraction of sp³-hybridized carbons (Fsp3) is 0.121. The lowest BCUT2D eigenvalue weighted by atomic mass is 9.96. The molecule has 4 heterocycles. The second-order valence-corrected chi connectivity index (χ2v) is 12.9. The number of carbonyl (C=O) groups excluding carboxylic acids is 2. The van der Waals surface area contributed by atoms with Crippen molar-refractivity contribution < 1.29 is 19.6 Å². The highest BCUT2D eigenvalue weighted by atomic mass is 32.2. The first-order chi connectivity index (χ1) is 22.2. The molecule has 0 spiro atoms. The van der Waals surface area contributed by atoms with E-state index in [1.54, 1.807) is 23.6 Å². The van der Waals surface area contributed by atoms with Crippen LogP contribution in [-0.2, 0) is 15.3 Å². The number of pyridine rings is 1. The van der Waals surface area contributed by atoms with E-state index < -0.39 is 28.4 Å². The molecule has 6 aromatic rings. The molecule has 1 amide bonds. The Labute approximate surface area is 270 Å². The smallest absolute Gasteiger partial charge is 0.301 e. The number of non-ortho nitro benzene ring substituents is 1. The summed E-state index contributed by atoms with van der Waals surface area (Å²) in [5, 5.41) is 34.3. The summed E-state index contributed by atoms with van der Waals surface area (Å²) >= 11 is 2.57. The molecule has 13 heteroatoms. The number of nitro benzene ring substituents is 1. The highest BCUT2D eigenvalue weighted by molar-refractivity contribution is 8.00. The number of ketones is 1. The van der Waals surface area contributed by atoms with Crippen molar-refractivity contribution in [3.05, 3.63) is 129 Å². The summed E-state index contributed by atoms with van der Waals surface area (Å²) in [6.07, 6.45) is 1.79. The molecule has 3 aromatic heterocycles. The fourth-order valence-electron chi connectivity index (χ4n) is 5.74. The number of Topliss-reactive ketones (excluding diaryl/α,β-unsaturated/α-hetero) is 1. The largest absolute Gasteiger partial charge is 0.505 e. The number of aromatic nitrogens is 4. The monoisotopic (exact) mass is 648 g/mol. The number of hydrogen-bond donors (Lipinski definition) is 1. The van der Waals surface area contributed by atoms with Gasteiger partial charge < -0.3 is 9.51 Å². The number of hydrogen-bond acceptors (Lipinski definition) is 10. The van der Waals surface area contributed by atoms with E-state index in [9.17, 15) is 24.8 Å². The van der Waals surface area contributed by atoms with Crippen LogP contribution in [0.3, 0.4) is 0 Å². The summed E-state index contributed by atoms with van der Waals surface area (Å²) in [6.45, 7) is 3.62. The Morgan fingerprint density at radius 2 is 1.80 bits per heavy atom. The number of nitro groups is 1. The molecule has 3 aromatic carbocycles. The van der Waals surface area contributed by atoms with E-state index >= 15 is 0 Å². The van der Waals surface area contributed by atoms with Gasteiger partial charge in [-0.15, -0.1) is 10.2 Å². The predicted octanol–water partition coefficient (Wildman–Crippen LogP) is 6.78. The average molecular weight is 649 g/mol. The minimum Gasteiger partial charge on any atom is -0.505 e. The van der Waals surface area contributed by atoms with Crippen molar-refractivity contribution in [1.82, 2.24) is 19.6 Å². The van der Waals surface area contributed by atoms with Gasteiger partial charge in [-0.3, -0.25) is 24.6 Å². The zero-order chi connectivity index (χ0) is 32.1. The van der Waals surface area contributed by atoms with Crippen LogP contribution in [0, 0.1) is 24.0 Å². The average Bonchev–Trinajstić information content (AvgIpc) is 3.74. The Balaban J connectivity index is 1.31. The SMILES string of the molecule is Cc1cccn2c(C)c(/C(O)=C3\C(=O)C(=O)N(c4nnc(SCc5cccc6ccccc56)s4)C3c3cccc([N+](=O)[O-])c3)nc12. The minimum atomic E-state index is -1.21. The number of anilines is 1. The lowest BCUT2D eigenvalue weighted by Gasteiger charge is -2.22. The Morgan fingerprint density at radius 3 is 2.61 bits per heavy atom. The number of carbonyl (C=O) groups is 2. The minimum absolute atomic E-state index is 0.126. The summed E-state index contributed by atoms with van der Waals surface area (Å²) in [4.78, 5) is 44.3. The summed E-state index contributed by atoms with van der Waals surface area (Å²) in [6, 6.07) is 22.3. The van der Waals surface area contributed by atoms with Gasteiger partial charge in [-0.1, -0.05) is 83.8 Å². The van der Waals surface area contributed by atoms with Gasteiger partial charge in [0.1, 0.15) is 11.3 Å². The molecule has 1 saturated heterocycles. The number of nitrogens with zero attached hydrogens (tertiary/aromatic N) is 6. The van der Waals surface area contributed by atoms with E-state index in [0.29, 0.717) is 21.4 Å². The Hall–Kier alpha value is -5.40. The van der Waals surface area contributed by atoms with Gasteiger partial charge in [-0.25, -0.2) is 4.98 Å². The highest BCUT2D eigenvalue weighted by Crippen LogP contribution is 2.45. The van der Waals surface area contributed by atoms with Gasteiger partial charge in [0.25, 0.3) is 11.5 Å². The van der Waals surface area contributed by atoms with Crippen molar-refractivity contribution in [3.63, 3.8) is 0 Å². The van der Waals surface area contributed by atoms with E-state index in [1.807, 2.05) is 55.5 Å². The first-order valence-electron chi connectivity index (χ1n) is 14.2. The number of benzene rings is 3. The van der Waals surface area contributed by atoms with Crippen LogP contribution in [0.15, 0.2) is 95.0 Å². The normalized spacial score (nSPS) is 16.1. The molecule has 11 nitrogen and oxygen atoms in total. The molecule has 1 aliphatic heterocycles. The number of rotatable bonds is 7. The number of aliphatic hydroxyl groups excluding tert-OH is 1. The van der Waals surface area contributed by atoms with Gasteiger partial charge in [-0.2, -0.15) is 0 Å². The molecular formula is C33H24N6O5S2. The van der Waals surface area contributed by atoms with Crippen LogP contribution < -0.4 is 4.90 Å². The molecule has 0 bridgehead atoms. The molecule has 0 radical (unpaired) electrons. The third-order valence-corrected chi connectivity index (χ3v) is 10.1. The molecule has 46 heavy (non-hydrogen) atoms. The summed E-state index contributed by atoms with van der Waals surface area (Å²) < 4.78 is 2.35. The van der Waals surface area contributed by atoms with Crippen molar-refractivity contribution in [1.29, 1.82) is 0 Å². The van der Waals surface area contributed by atoms with Crippen LogP contribution in [0.4, 0.5) is 10.8 Å². The summed E-state index contributed by atoms with van der Waals surface area (Å²) in [5.74, 6) is -1.77. The number of aliphatic hydroxyl groups is 1. The number of imidazole rings is 1.